The van der Waals surface area contributed by atoms with E-state index in [1.165, 1.54) is 12.1 Å². The molecule has 2 aromatic rings. The molecule has 0 spiro atoms. The van der Waals surface area contributed by atoms with Gasteiger partial charge in [-0.05, 0) is 30.8 Å². The monoisotopic (exact) mass is 286 g/mol. The summed E-state index contributed by atoms with van der Waals surface area (Å²) < 4.78 is 30.1. The van der Waals surface area contributed by atoms with Crippen LogP contribution in [0.4, 0.5) is 8.78 Å². The fourth-order valence-corrected chi connectivity index (χ4v) is 2.86. The number of H-pyrrole nitrogens is 1. The molecular formula is C12H9ClF2N2S. The standard InChI is InChI=1S/C12H9ClF2N2S/c13-8-1-2-9(14)10(11(8)15)6-3-7-4-16-12(18)17(7)5-6/h1-2,4,6H,3,5H2,(H,16,18). The molecule has 0 radical (unpaired) electrons. The summed E-state index contributed by atoms with van der Waals surface area (Å²) in [7, 11) is 0. The molecule has 0 amide bonds. The predicted molar refractivity (Wildman–Crippen MR) is 67.4 cm³/mol. The molecule has 0 saturated heterocycles. The lowest BCUT2D eigenvalue weighted by molar-refractivity contribution is 0.513. The number of halogens is 3. The number of rotatable bonds is 1. The first-order valence-electron chi connectivity index (χ1n) is 5.48. The van der Waals surface area contributed by atoms with E-state index in [4.69, 9.17) is 23.8 Å². The number of aromatic nitrogens is 2. The Labute approximate surface area is 112 Å². The van der Waals surface area contributed by atoms with Crippen LogP contribution in [0, 0.1) is 16.4 Å². The summed E-state index contributed by atoms with van der Waals surface area (Å²) in [6.45, 7) is 0.478. The van der Waals surface area contributed by atoms with Crippen molar-refractivity contribution < 1.29 is 8.78 Å². The summed E-state index contributed by atoms with van der Waals surface area (Å²) in [6, 6.07) is 2.44. The Kier molecular flexibility index (Phi) is 2.75. The Morgan fingerprint density at radius 3 is 2.89 bits per heavy atom. The van der Waals surface area contributed by atoms with E-state index >= 15 is 0 Å². The first-order chi connectivity index (χ1) is 8.58. The Bertz CT molecular complexity index is 677. The minimum absolute atomic E-state index is 0.0480. The topological polar surface area (TPSA) is 20.7 Å². The maximum Gasteiger partial charge on any atom is 0.177 e. The molecule has 2 heterocycles. The van der Waals surface area contributed by atoms with Crippen LogP contribution in [0.15, 0.2) is 18.3 Å². The highest BCUT2D eigenvalue weighted by Crippen LogP contribution is 2.34. The van der Waals surface area contributed by atoms with Gasteiger partial charge in [0.1, 0.15) is 11.6 Å². The second-order valence-electron chi connectivity index (χ2n) is 4.35. The molecule has 2 nitrogen and oxygen atoms in total. The lowest BCUT2D eigenvalue weighted by atomic mass is 9.96. The molecule has 94 valence electrons. The molecule has 18 heavy (non-hydrogen) atoms. The first-order valence-corrected chi connectivity index (χ1v) is 6.27. The maximum atomic E-state index is 13.9. The van der Waals surface area contributed by atoms with Crippen molar-refractivity contribution in [1.82, 2.24) is 9.55 Å². The first kappa shape index (κ1) is 11.9. The number of benzene rings is 1. The van der Waals surface area contributed by atoms with E-state index in [2.05, 4.69) is 4.98 Å². The minimum atomic E-state index is -0.665. The van der Waals surface area contributed by atoms with Crippen molar-refractivity contribution in [2.24, 2.45) is 0 Å². The molecule has 0 aliphatic carbocycles. The molecule has 0 bridgehead atoms. The van der Waals surface area contributed by atoms with Crippen LogP contribution in [0.5, 0.6) is 0 Å². The van der Waals surface area contributed by atoms with Crippen LogP contribution in [0.1, 0.15) is 17.2 Å². The molecule has 1 aliphatic rings. The molecule has 1 N–H and O–H groups in total. The van der Waals surface area contributed by atoms with Crippen LogP contribution in [-0.4, -0.2) is 9.55 Å². The van der Waals surface area contributed by atoms with Gasteiger partial charge >= 0.3 is 0 Å². The van der Waals surface area contributed by atoms with Crippen LogP contribution in [0.25, 0.3) is 0 Å². The number of hydrogen-bond acceptors (Lipinski definition) is 1. The fourth-order valence-electron chi connectivity index (χ4n) is 2.45. The fraction of sp³-hybridized carbons (Fsp3) is 0.250. The Hall–Kier alpha value is -1.20. The lowest BCUT2D eigenvalue weighted by Gasteiger charge is -2.12. The van der Waals surface area contributed by atoms with Gasteiger partial charge in [0.05, 0.1) is 5.02 Å². The Balaban J connectivity index is 2.05. The van der Waals surface area contributed by atoms with E-state index in [0.29, 0.717) is 17.7 Å². The van der Waals surface area contributed by atoms with Gasteiger partial charge in [-0.25, -0.2) is 8.78 Å². The highest BCUT2D eigenvalue weighted by molar-refractivity contribution is 7.71. The molecule has 1 aliphatic heterocycles. The lowest BCUT2D eigenvalue weighted by Crippen LogP contribution is -2.07. The predicted octanol–water partition coefficient (Wildman–Crippen LogP) is 3.82. The molecule has 6 heteroatoms. The number of nitrogens with one attached hydrogen (secondary N) is 1. The zero-order valence-corrected chi connectivity index (χ0v) is 10.8. The third-order valence-corrected chi connectivity index (χ3v) is 3.93. The maximum absolute atomic E-state index is 13.9. The van der Waals surface area contributed by atoms with Crippen molar-refractivity contribution in [3.8, 4) is 0 Å². The van der Waals surface area contributed by atoms with Crippen LogP contribution < -0.4 is 0 Å². The van der Waals surface area contributed by atoms with Crippen molar-refractivity contribution in [2.75, 3.05) is 0 Å². The van der Waals surface area contributed by atoms with Crippen LogP contribution in [0.3, 0.4) is 0 Å². The van der Waals surface area contributed by atoms with Crippen LogP contribution >= 0.6 is 23.8 Å². The summed E-state index contributed by atoms with van der Waals surface area (Å²) in [5.74, 6) is -1.47. The summed E-state index contributed by atoms with van der Waals surface area (Å²) in [4.78, 5) is 2.92. The van der Waals surface area contributed by atoms with Gasteiger partial charge in [-0.1, -0.05) is 11.6 Å². The highest BCUT2D eigenvalue weighted by Gasteiger charge is 2.29. The second-order valence-corrected chi connectivity index (χ2v) is 5.15. The van der Waals surface area contributed by atoms with Gasteiger partial charge in [-0.3, -0.25) is 0 Å². The van der Waals surface area contributed by atoms with Gasteiger partial charge < -0.3 is 9.55 Å². The van der Waals surface area contributed by atoms with E-state index in [1.807, 2.05) is 4.57 Å². The van der Waals surface area contributed by atoms with Crippen molar-refractivity contribution in [2.45, 2.75) is 18.9 Å². The zero-order valence-electron chi connectivity index (χ0n) is 9.21. The summed E-state index contributed by atoms with van der Waals surface area (Å²) in [6.07, 6.45) is 2.34. The van der Waals surface area contributed by atoms with Crippen LogP contribution in [0.2, 0.25) is 5.02 Å². The van der Waals surface area contributed by atoms with Crippen molar-refractivity contribution >= 4 is 23.8 Å². The Morgan fingerprint density at radius 1 is 1.39 bits per heavy atom. The third-order valence-electron chi connectivity index (χ3n) is 3.30. The highest BCUT2D eigenvalue weighted by atomic mass is 35.5. The zero-order chi connectivity index (χ0) is 12.9. The normalized spacial score (nSPS) is 18.1. The van der Waals surface area contributed by atoms with E-state index < -0.39 is 11.6 Å². The van der Waals surface area contributed by atoms with Gasteiger partial charge in [0.15, 0.2) is 4.77 Å². The summed E-state index contributed by atoms with van der Waals surface area (Å²) in [5, 5.41) is -0.0480. The van der Waals surface area contributed by atoms with E-state index in [-0.39, 0.29) is 16.5 Å². The van der Waals surface area contributed by atoms with Crippen molar-refractivity contribution in [1.29, 1.82) is 0 Å². The minimum Gasteiger partial charge on any atom is -0.337 e. The summed E-state index contributed by atoms with van der Waals surface area (Å²) in [5.41, 5.74) is 1.02. The van der Waals surface area contributed by atoms with Gasteiger partial charge in [0, 0.05) is 29.9 Å². The average Bonchev–Trinajstić information content (AvgIpc) is 2.88. The van der Waals surface area contributed by atoms with Gasteiger partial charge in [-0.2, -0.15) is 0 Å². The molecular weight excluding hydrogens is 278 g/mol. The average molecular weight is 287 g/mol. The number of hydrogen-bond donors (Lipinski definition) is 1. The van der Waals surface area contributed by atoms with E-state index in [1.54, 1.807) is 6.20 Å². The van der Waals surface area contributed by atoms with E-state index in [0.717, 1.165) is 5.69 Å². The SMILES string of the molecule is Fc1ccc(Cl)c(F)c1C1Cc2c[nH]c(=S)n2C1. The smallest absolute Gasteiger partial charge is 0.177 e. The molecule has 3 rings (SSSR count). The van der Waals surface area contributed by atoms with Gasteiger partial charge in [-0.15, -0.1) is 0 Å². The number of fused-ring (bicyclic) bond motifs is 1. The van der Waals surface area contributed by atoms with Gasteiger partial charge in [0.25, 0.3) is 0 Å². The summed E-state index contributed by atoms with van der Waals surface area (Å²) >= 11 is 10.8. The third kappa shape index (κ3) is 1.69. The Morgan fingerprint density at radius 2 is 2.17 bits per heavy atom. The van der Waals surface area contributed by atoms with E-state index in [9.17, 15) is 8.78 Å². The number of imidazole rings is 1. The molecule has 1 atom stereocenters. The molecule has 0 fully saturated rings. The van der Waals surface area contributed by atoms with Gasteiger partial charge in [0.2, 0.25) is 0 Å². The molecule has 1 aromatic carbocycles. The number of nitrogens with zero attached hydrogens (tertiary/aromatic N) is 1. The second kappa shape index (κ2) is 4.17. The molecule has 1 aromatic heterocycles. The molecule has 0 saturated carbocycles. The largest absolute Gasteiger partial charge is 0.337 e. The van der Waals surface area contributed by atoms with Crippen LogP contribution in [-0.2, 0) is 13.0 Å². The quantitative estimate of drug-likeness (QED) is 0.624. The number of aromatic amines is 1. The molecule has 1 unspecified atom stereocenters. The van der Waals surface area contributed by atoms with Crippen molar-refractivity contribution in [3.63, 3.8) is 0 Å². The van der Waals surface area contributed by atoms with Crippen molar-refractivity contribution in [3.05, 3.63) is 51.0 Å².